The van der Waals surface area contributed by atoms with Gasteiger partial charge in [0, 0.05) is 33.1 Å². The quantitative estimate of drug-likeness (QED) is 0.569. The Labute approximate surface area is 145 Å². The minimum atomic E-state index is -4.77. The molecule has 0 aliphatic carbocycles. The van der Waals surface area contributed by atoms with E-state index in [1.165, 1.54) is 24.3 Å². The van der Waals surface area contributed by atoms with Gasteiger partial charge < -0.3 is 14.8 Å². The molecule has 130 valence electrons. The minimum absolute atomic E-state index is 0.0478. The zero-order chi connectivity index (χ0) is 18.4. The summed E-state index contributed by atoms with van der Waals surface area (Å²) in [5, 5.41) is 9.88. The second kappa shape index (κ2) is 6.03. The Balaban J connectivity index is 2.17. The number of aryl methyl sites for hydroxylation is 1. The van der Waals surface area contributed by atoms with E-state index in [2.05, 4.69) is 22.3 Å². The van der Waals surface area contributed by atoms with Crippen molar-refractivity contribution < 1.29 is 27.8 Å². The van der Waals surface area contributed by atoms with Gasteiger partial charge in [-0.05, 0) is 30.7 Å². The van der Waals surface area contributed by atoms with E-state index in [0.717, 1.165) is 0 Å². The van der Waals surface area contributed by atoms with Crippen LogP contribution in [-0.2, 0) is 0 Å². The predicted molar refractivity (Wildman–Crippen MR) is 89.4 cm³/mol. The number of nitrogens with one attached hydrogen (secondary N) is 1. The second-order valence-electron chi connectivity index (χ2n) is 5.39. The number of benzene rings is 2. The van der Waals surface area contributed by atoms with E-state index in [4.69, 9.17) is 0 Å². The minimum Gasteiger partial charge on any atom is -0.478 e. The molecule has 1 heterocycles. The number of aromatic nitrogens is 1. The normalized spacial score (nSPS) is 11.7. The van der Waals surface area contributed by atoms with Crippen LogP contribution < -0.4 is 4.74 Å². The van der Waals surface area contributed by atoms with Crippen molar-refractivity contribution in [3.05, 3.63) is 47.7 Å². The van der Waals surface area contributed by atoms with Crippen molar-refractivity contribution in [3.8, 4) is 16.9 Å². The van der Waals surface area contributed by atoms with Gasteiger partial charge in [0.1, 0.15) is 5.75 Å². The van der Waals surface area contributed by atoms with Crippen molar-refractivity contribution in [2.24, 2.45) is 0 Å². The molecule has 3 rings (SSSR count). The van der Waals surface area contributed by atoms with E-state index < -0.39 is 12.3 Å². The molecule has 2 aromatic carbocycles. The number of fused-ring (bicyclic) bond motifs is 1. The summed E-state index contributed by atoms with van der Waals surface area (Å²) in [6, 6.07) is 8.70. The maximum absolute atomic E-state index is 12.4. The van der Waals surface area contributed by atoms with Crippen molar-refractivity contribution in [3.63, 3.8) is 0 Å². The summed E-state index contributed by atoms with van der Waals surface area (Å²) in [5.74, 6) is -1.44. The van der Waals surface area contributed by atoms with Crippen LogP contribution in [0.15, 0.2) is 41.3 Å². The lowest BCUT2D eigenvalue weighted by atomic mass is 10.00. The van der Waals surface area contributed by atoms with Crippen LogP contribution in [-0.4, -0.2) is 22.4 Å². The third-order valence-corrected chi connectivity index (χ3v) is 4.21. The molecular weight excluding hydrogens is 355 g/mol. The molecule has 0 spiro atoms. The largest absolute Gasteiger partial charge is 0.573 e. The number of rotatable bonds is 3. The average molecular weight is 367 g/mol. The third kappa shape index (κ3) is 3.30. The summed E-state index contributed by atoms with van der Waals surface area (Å²) in [7, 11) is 0. The first kappa shape index (κ1) is 17.2. The summed E-state index contributed by atoms with van der Waals surface area (Å²) in [6.07, 6.45) is -4.77. The molecule has 0 aliphatic rings. The topological polar surface area (TPSA) is 62.3 Å². The molecule has 0 atom stereocenters. The van der Waals surface area contributed by atoms with Crippen molar-refractivity contribution in [2.75, 3.05) is 0 Å². The van der Waals surface area contributed by atoms with Crippen LogP contribution >= 0.6 is 12.6 Å². The molecule has 8 heteroatoms. The number of carboxylic acid groups (broad SMARTS) is 1. The molecule has 2 N–H and O–H groups in total. The number of alkyl halides is 3. The predicted octanol–water partition coefficient (Wildman–Crippen LogP) is 5.03. The van der Waals surface area contributed by atoms with Crippen molar-refractivity contribution >= 4 is 29.5 Å². The lowest BCUT2D eigenvalue weighted by Gasteiger charge is -2.10. The van der Waals surface area contributed by atoms with Gasteiger partial charge in [-0.1, -0.05) is 12.1 Å². The number of carboxylic acids is 1. The fraction of sp³-hybridized carbons (Fsp3) is 0.118. The Hall–Kier alpha value is -2.61. The van der Waals surface area contributed by atoms with Crippen molar-refractivity contribution in [1.29, 1.82) is 0 Å². The number of hydrogen-bond donors (Lipinski definition) is 3. The van der Waals surface area contributed by atoms with Gasteiger partial charge in [-0.15, -0.1) is 25.8 Å². The summed E-state index contributed by atoms with van der Waals surface area (Å²) < 4.78 is 41.0. The van der Waals surface area contributed by atoms with E-state index in [9.17, 15) is 23.1 Å². The van der Waals surface area contributed by atoms with Gasteiger partial charge in [-0.25, -0.2) is 4.79 Å². The number of carbonyl (C=O) groups is 1. The van der Waals surface area contributed by atoms with E-state index >= 15 is 0 Å². The monoisotopic (exact) mass is 367 g/mol. The van der Waals surface area contributed by atoms with Gasteiger partial charge in [-0.3, -0.25) is 0 Å². The summed E-state index contributed by atoms with van der Waals surface area (Å²) in [6.45, 7) is 1.75. The smallest absolute Gasteiger partial charge is 0.478 e. The fourth-order valence-corrected chi connectivity index (χ4v) is 3.13. The Morgan fingerprint density at radius 1 is 1.24 bits per heavy atom. The molecule has 3 aromatic rings. The number of halogens is 3. The van der Waals surface area contributed by atoms with Crippen LogP contribution in [0.3, 0.4) is 0 Å². The van der Waals surface area contributed by atoms with Gasteiger partial charge in [0.05, 0.1) is 5.56 Å². The third-order valence-electron chi connectivity index (χ3n) is 3.73. The highest BCUT2D eigenvalue weighted by Crippen LogP contribution is 2.38. The van der Waals surface area contributed by atoms with Crippen molar-refractivity contribution in [1.82, 2.24) is 4.98 Å². The van der Waals surface area contributed by atoms with E-state index in [-0.39, 0.29) is 16.2 Å². The van der Waals surface area contributed by atoms with Gasteiger partial charge in [-0.2, -0.15) is 0 Å². The molecule has 0 fully saturated rings. The number of aromatic carboxylic acids is 1. The molecule has 0 aliphatic heterocycles. The highest BCUT2D eigenvalue weighted by Gasteiger charge is 2.31. The van der Waals surface area contributed by atoms with E-state index in [0.29, 0.717) is 27.7 Å². The molecule has 4 nitrogen and oxygen atoms in total. The van der Waals surface area contributed by atoms with Crippen LogP contribution in [0.2, 0.25) is 0 Å². The maximum Gasteiger partial charge on any atom is 0.573 e. The van der Waals surface area contributed by atoms with Crippen LogP contribution in [0.1, 0.15) is 16.1 Å². The SMILES string of the molecule is Cc1[nH]c2cc(OC(F)(F)F)ccc2c1-c1cccc(C(=O)O)c1S. The molecule has 25 heavy (non-hydrogen) atoms. The Morgan fingerprint density at radius 2 is 1.96 bits per heavy atom. The first-order valence-electron chi connectivity index (χ1n) is 7.11. The van der Waals surface area contributed by atoms with E-state index in [1.807, 2.05) is 0 Å². The summed E-state index contributed by atoms with van der Waals surface area (Å²) in [4.78, 5) is 14.6. The Bertz CT molecular complexity index is 979. The fourth-order valence-electron chi connectivity index (χ4n) is 2.77. The van der Waals surface area contributed by atoms with Crippen molar-refractivity contribution in [2.45, 2.75) is 18.2 Å². The van der Waals surface area contributed by atoms with Gasteiger partial charge >= 0.3 is 12.3 Å². The highest BCUT2D eigenvalue weighted by atomic mass is 32.1. The molecule has 0 saturated heterocycles. The molecule has 0 radical (unpaired) electrons. The first-order chi connectivity index (χ1) is 11.7. The zero-order valence-electron chi connectivity index (χ0n) is 12.8. The van der Waals surface area contributed by atoms with Gasteiger partial charge in [0.15, 0.2) is 0 Å². The first-order valence-corrected chi connectivity index (χ1v) is 7.56. The lowest BCUT2D eigenvalue weighted by molar-refractivity contribution is -0.274. The summed E-state index contributed by atoms with van der Waals surface area (Å²) in [5.41, 5.74) is 2.43. The molecule has 0 amide bonds. The Morgan fingerprint density at radius 3 is 2.60 bits per heavy atom. The van der Waals surface area contributed by atoms with Crippen LogP contribution in [0.25, 0.3) is 22.0 Å². The highest BCUT2D eigenvalue weighted by molar-refractivity contribution is 7.80. The number of aromatic amines is 1. The summed E-state index contributed by atoms with van der Waals surface area (Å²) >= 11 is 4.32. The number of thiol groups is 1. The van der Waals surface area contributed by atoms with Gasteiger partial charge in [0.2, 0.25) is 0 Å². The molecule has 0 unspecified atom stereocenters. The van der Waals surface area contributed by atoms with Gasteiger partial charge in [0.25, 0.3) is 0 Å². The maximum atomic E-state index is 12.4. The standard InChI is InChI=1S/C17H12F3NO3S/c1-8-14(11-3-2-4-12(15(11)25)16(22)23)10-6-5-9(7-13(10)21-8)24-17(18,19)20/h2-7,21,25H,1H3,(H,22,23). The number of hydrogen-bond acceptors (Lipinski definition) is 3. The molecule has 0 saturated carbocycles. The lowest BCUT2D eigenvalue weighted by Crippen LogP contribution is -2.16. The molecule has 1 aromatic heterocycles. The number of ether oxygens (including phenoxy) is 1. The molecule has 0 bridgehead atoms. The molecular formula is C17H12F3NO3S. The van der Waals surface area contributed by atoms with Crippen LogP contribution in [0.4, 0.5) is 13.2 Å². The zero-order valence-corrected chi connectivity index (χ0v) is 13.7. The number of H-pyrrole nitrogens is 1. The second-order valence-corrected chi connectivity index (χ2v) is 5.83. The van der Waals surface area contributed by atoms with Crippen LogP contribution in [0.5, 0.6) is 5.75 Å². The average Bonchev–Trinajstić information content (AvgIpc) is 2.80. The van der Waals surface area contributed by atoms with Crippen LogP contribution in [0, 0.1) is 6.92 Å². The van der Waals surface area contributed by atoms with E-state index in [1.54, 1.807) is 19.1 Å². The Kier molecular flexibility index (Phi) is 4.16.